The quantitative estimate of drug-likeness (QED) is 0.0762. The van der Waals surface area contributed by atoms with E-state index < -0.39 is 179 Å². The molecule has 0 aliphatic carbocycles. The first-order valence-electron chi connectivity index (χ1n) is 26.7. The van der Waals surface area contributed by atoms with Crippen LogP contribution in [-0.2, 0) is 9.31 Å². The summed E-state index contributed by atoms with van der Waals surface area (Å²) in [5, 5.41) is 0. The van der Waals surface area contributed by atoms with E-state index in [4.69, 9.17) is 241 Å². The van der Waals surface area contributed by atoms with Gasteiger partial charge in [0.15, 0.2) is 0 Å². The van der Waals surface area contributed by atoms with Gasteiger partial charge >= 0.3 is 7.12 Å². The van der Waals surface area contributed by atoms with Crippen LogP contribution in [0.5, 0.6) is 0 Å². The summed E-state index contributed by atoms with van der Waals surface area (Å²) in [6.45, 7) is 10.3. The number of hydrogen-bond donors (Lipinski definition) is 0. The number of aryl methyl sites for hydroxylation is 1. The van der Waals surface area contributed by atoms with Crippen molar-refractivity contribution >= 4 is 423 Å². The number of rotatable bonds is 29. The van der Waals surface area contributed by atoms with Gasteiger partial charge in [0.2, 0.25) is 0 Å². The molecular weight excluding hydrogens is 900 g/mol. The minimum atomic E-state index is -1.53. The van der Waals surface area contributed by atoms with Gasteiger partial charge in [-0.05, 0) is 46.2 Å². The maximum atomic E-state index is 6.79. The minimum absolute atomic E-state index is 0.331. The number of benzene rings is 1. The maximum Gasteiger partial charge on any atom is 0.496 e. The highest BCUT2D eigenvalue weighted by Gasteiger charge is 2.62. The number of aromatic nitrogens is 1. The van der Waals surface area contributed by atoms with Crippen LogP contribution in [0.15, 0.2) is 42.6 Å². The van der Waals surface area contributed by atoms with Crippen molar-refractivity contribution in [3.05, 3.63) is 48.2 Å². The third kappa shape index (κ3) is 20.1. The normalized spacial score (nSPS) is 12.4. The van der Waals surface area contributed by atoms with E-state index in [1.54, 1.807) is 0 Å². The minimum Gasteiger partial charge on any atom is -0.399 e. The molecule has 3 nitrogen and oxygen atoms in total. The Morgan fingerprint density at radius 3 is 0.762 bits per heavy atom. The molecule has 1 aromatic carbocycles. The molecule has 1 aromatic heterocycles. The summed E-state index contributed by atoms with van der Waals surface area (Å²) in [6, 6.07) is 12.3. The van der Waals surface area contributed by atoms with Gasteiger partial charge < -0.3 is 9.31 Å². The molecule has 3 rings (SSSR count). The molecule has 60 radical (unpaired) electrons. The molecule has 80 heavy (non-hydrogen) atoms. The molecule has 2 aromatic rings. The predicted octanol–water partition coefficient (Wildman–Crippen LogP) is -18.7. The molecule has 0 unspecified atom stereocenters. The van der Waals surface area contributed by atoms with Crippen LogP contribution in [-0.4, -0.2) is 434 Å². The van der Waals surface area contributed by atoms with E-state index in [0.29, 0.717) is 0 Å². The van der Waals surface area contributed by atoms with Crippen LogP contribution in [0.25, 0.3) is 11.3 Å². The molecule has 0 saturated carbocycles. The average Bonchev–Trinajstić information content (AvgIpc) is 3.50. The molecule has 2 heterocycles. The van der Waals surface area contributed by atoms with Gasteiger partial charge in [0.05, 0.1) is 16.9 Å². The number of nitrogens with zero attached hydrogens (tertiary/aromatic N) is 1. The third-order valence-electron chi connectivity index (χ3n) is 16.7. The Morgan fingerprint density at radius 1 is 0.325 bits per heavy atom. The lowest BCUT2D eigenvalue weighted by Crippen LogP contribution is -2.96. The van der Waals surface area contributed by atoms with E-state index in [0.717, 1.165) is 22.3 Å². The zero-order valence-electron chi connectivity index (χ0n) is 47.4. The summed E-state index contributed by atoms with van der Waals surface area (Å²) in [5.74, 6) is 0. The molecular formula is C18H22B59NO2. The first-order chi connectivity index (χ1) is 36.6. The summed E-state index contributed by atoms with van der Waals surface area (Å²) in [4.78, 5) is 4.59. The van der Waals surface area contributed by atoms with E-state index >= 15 is 0 Å². The molecule has 1 fully saturated rings. The molecule has 288 valence electrons. The van der Waals surface area contributed by atoms with E-state index in [2.05, 4.69) is 57.8 Å². The fourth-order valence-electron chi connectivity index (χ4n) is 12.6. The highest BCUT2D eigenvalue weighted by molar-refractivity contribution is 8.37. The van der Waals surface area contributed by atoms with E-state index in [-0.39, 0.29) is 18.3 Å². The van der Waals surface area contributed by atoms with Crippen molar-refractivity contribution < 1.29 is 9.31 Å². The van der Waals surface area contributed by atoms with Crippen molar-refractivity contribution in [2.45, 2.75) is 45.8 Å². The van der Waals surface area contributed by atoms with Crippen molar-refractivity contribution in [1.82, 2.24) is 4.98 Å². The fourth-order valence-corrected chi connectivity index (χ4v) is 12.6. The second kappa shape index (κ2) is 34.4. The molecule has 0 bridgehead atoms. The SMILES string of the molecule is Cc1cc(-c2ccccc2)ncc1B1OC(C)(C)C(C)(C)O1.[B]B([B])B(B([B])[B])B(B([B])[B])B(B(B(B([B])[B])B([B])[B])B(B([B])[B])B([B])[B])B(B(B(B([B])[B])B([B])[B])B(B([B])[B])B([B])[B])B(B(B([B])[B])B([B])[B])B(B([B])[B])B([B])[B]. The monoisotopic (exact) mass is 934 g/mol. The molecule has 1 aliphatic rings. The van der Waals surface area contributed by atoms with Crippen molar-refractivity contribution in [3.8, 4) is 11.3 Å². The average molecular weight is 922 g/mol. The van der Waals surface area contributed by atoms with Crippen LogP contribution in [0.1, 0.15) is 33.3 Å². The van der Waals surface area contributed by atoms with Crippen LogP contribution in [0.3, 0.4) is 0 Å². The lowest BCUT2D eigenvalue weighted by atomic mass is 8.23. The van der Waals surface area contributed by atoms with Crippen molar-refractivity contribution in [3.63, 3.8) is 0 Å². The predicted molar refractivity (Wildman–Crippen MR) is 424 cm³/mol. The van der Waals surface area contributed by atoms with Crippen molar-refractivity contribution in [2.24, 2.45) is 0 Å². The van der Waals surface area contributed by atoms with Crippen LogP contribution in [0, 0.1) is 6.92 Å². The number of hydrogen-bond acceptors (Lipinski definition) is 3. The van der Waals surface area contributed by atoms with E-state index in [1.807, 2.05) is 24.4 Å². The second-order valence-corrected chi connectivity index (χ2v) is 23.0. The largest absolute Gasteiger partial charge is 0.496 e. The van der Waals surface area contributed by atoms with E-state index in [9.17, 15) is 0 Å². The molecule has 1 aliphatic heterocycles. The smallest absolute Gasteiger partial charge is 0.399 e. The highest BCUT2D eigenvalue weighted by Crippen LogP contribution is 2.37. The van der Waals surface area contributed by atoms with Crippen molar-refractivity contribution in [2.75, 3.05) is 0 Å². The molecule has 0 N–H and O–H groups in total. The topological polar surface area (TPSA) is 31.4 Å². The fraction of sp³-hybridized carbons (Fsp3) is 0.389. The Labute approximate surface area is 538 Å². The van der Waals surface area contributed by atoms with Crippen LogP contribution < -0.4 is 5.46 Å². The molecule has 0 atom stereocenters. The molecule has 0 spiro atoms. The first kappa shape index (κ1) is 78.2. The number of pyridine rings is 1. The van der Waals surface area contributed by atoms with Crippen LogP contribution in [0.2, 0.25) is 0 Å². The van der Waals surface area contributed by atoms with Gasteiger partial charge in [-0.25, -0.2) is 0 Å². The second-order valence-electron chi connectivity index (χ2n) is 23.0. The Bertz CT molecular complexity index is 1890. The Hall–Kier alpha value is 2.12. The Morgan fingerprint density at radius 2 is 0.537 bits per heavy atom. The summed E-state index contributed by atoms with van der Waals surface area (Å²) < 4.78 is 12.2. The van der Waals surface area contributed by atoms with Gasteiger partial charge in [0, 0.05) is 428 Å². The molecule has 0 amide bonds. The van der Waals surface area contributed by atoms with Gasteiger partial charge in [0.1, 0.15) is 0 Å². The van der Waals surface area contributed by atoms with Crippen LogP contribution in [0.4, 0.5) is 0 Å². The van der Waals surface area contributed by atoms with Crippen molar-refractivity contribution in [1.29, 1.82) is 0 Å². The van der Waals surface area contributed by atoms with Gasteiger partial charge in [-0.2, -0.15) is 0 Å². The standard InChI is InChI=1S/C18H22BNO2.B58/c1-13-11-16(14-9-7-6-8-10-14)20-12-15(13)19-21-17(2,3)18(4,5)22-19;1-31(2)46(32(3)4)53(45(29)30)57(54(47(33(5)6)34(7)8)48(35(9)10)36(11)12)58(55(49(37(13)14)38(15)16)50(39(17)18)40(19)20)56(51(41(21)22)42(23)24)52(43(25)26)44(27)28/h6-12H,1-5H3;. The first-order valence-corrected chi connectivity index (χ1v) is 26.7. The van der Waals surface area contributed by atoms with Crippen LogP contribution >= 0.6 is 0 Å². The van der Waals surface area contributed by atoms with Gasteiger partial charge in [0.25, 0.3) is 0 Å². The van der Waals surface area contributed by atoms with E-state index in [1.165, 1.54) is 0 Å². The summed E-state index contributed by atoms with van der Waals surface area (Å²) in [6.07, 6.45) is -37.4. The zero-order chi connectivity index (χ0) is 62.1. The van der Waals surface area contributed by atoms with Gasteiger partial charge in [-0.1, -0.05) is 30.3 Å². The lowest BCUT2D eigenvalue weighted by molar-refractivity contribution is 0.00578. The molecule has 1 saturated heterocycles. The molecule has 62 heteroatoms. The summed E-state index contributed by atoms with van der Waals surface area (Å²) in [5.41, 5.74) is 3.56. The summed E-state index contributed by atoms with van der Waals surface area (Å²) in [7, 11) is 196. The Kier molecular flexibility index (Phi) is 33.6. The van der Waals surface area contributed by atoms with Gasteiger partial charge in [-0.3, -0.25) is 4.98 Å². The highest BCUT2D eigenvalue weighted by atomic mass is 16.7. The zero-order valence-corrected chi connectivity index (χ0v) is 47.4. The maximum absolute atomic E-state index is 6.79. The Balaban J connectivity index is 0.000000811. The lowest BCUT2D eigenvalue weighted by Gasteiger charge is -2.58. The third-order valence-corrected chi connectivity index (χ3v) is 16.7. The summed E-state index contributed by atoms with van der Waals surface area (Å²) >= 11 is 0. The van der Waals surface area contributed by atoms with Gasteiger partial charge in [-0.15, -0.1) is 0 Å².